The number of rotatable bonds is 8. The van der Waals surface area contributed by atoms with Crippen LogP contribution in [0.1, 0.15) is 20.3 Å². The highest BCUT2D eigenvalue weighted by Crippen LogP contribution is 2.28. The van der Waals surface area contributed by atoms with Crippen molar-refractivity contribution in [1.82, 2.24) is 0 Å². The molecule has 0 atom stereocenters. The second-order valence-electron chi connectivity index (χ2n) is 4.83. The molecule has 0 saturated carbocycles. The van der Waals surface area contributed by atoms with E-state index in [4.69, 9.17) is 14.2 Å². The van der Waals surface area contributed by atoms with Crippen LogP contribution < -0.4 is 14.8 Å². The highest BCUT2D eigenvalue weighted by Gasteiger charge is 2.09. The van der Waals surface area contributed by atoms with Gasteiger partial charge in [0.15, 0.2) is 0 Å². The summed E-state index contributed by atoms with van der Waals surface area (Å²) in [6.07, 6.45) is 0.313. The van der Waals surface area contributed by atoms with Gasteiger partial charge in [0, 0.05) is 12.7 Å². The molecule has 0 fully saturated rings. The van der Waals surface area contributed by atoms with E-state index in [1.165, 1.54) is 0 Å². The summed E-state index contributed by atoms with van der Waals surface area (Å²) < 4.78 is 15.7. The highest BCUT2D eigenvalue weighted by atomic mass is 16.5. The van der Waals surface area contributed by atoms with Gasteiger partial charge in [0.25, 0.3) is 0 Å². The number of nitrogens with one attached hydrogen (secondary N) is 1. The maximum atomic E-state index is 11.8. The lowest BCUT2D eigenvalue weighted by molar-refractivity contribution is -0.117. The van der Waals surface area contributed by atoms with E-state index in [9.17, 15) is 4.79 Å². The lowest BCUT2D eigenvalue weighted by Gasteiger charge is -2.12. The third-order valence-corrected chi connectivity index (χ3v) is 2.61. The van der Waals surface area contributed by atoms with Gasteiger partial charge in [-0.1, -0.05) is 13.8 Å². The number of carbonyl (C=O) groups excluding carboxylic acids is 1. The molecule has 0 saturated heterocycles. The Balaban J connectivity index is 2.52. The molecule has 0 aromatic heterocycles. The van der Waals surface area contributed by atoms with Crippen molar-refractivity contribution >= 4 is 11.6 Å². The molecule has 0 bridgehead atoms. The second-order valence-corrected chi connectivity index (χ2v) is 4.83. The number of benzene rings is 1. The summed E-state index contributed by atoms with van der Waals surface area (Å²) in [6.45, 7) is 5.22. The largest absolute Gasteiger partial charge is 0.497 e. The Bertz CT molecular complexity index is 432. The van der Waals surface area contributed by atoms with Crippen molar-refractivity contribution in [1.29, 1.82) is 0 Å². The van der Waals surface area contributed by atoms with Gasteiger partial charge in [0.05, 0.1) is 32.9 Å². The van der Waals surface area contributed by atoms with E-state index >= 15 is 0 Å². The molecule has 0 aliphatic heterocycles. The molecule has 20 heavy (non-hydrogen) atoms. The van der Waals surface area contributed by atoms with Crippen LogP contribution in [0.4, 0.5) is 5.69 Å². The molecule has 5 heteroatoms. The number of ether oxygens (including phenoxy) is 3. The first-order valence-corrected chi connectivity index (χ1v) is 6.66. The Morgan fingerprint density at radius 1 is 1.25 bits per heavy atom. The van der Waals surface area contributed by atoms with Crippen LogP contribution in [-0.2, 0) is 9.53 Å². The summed E-state index contributed by atoms with van der Waals surface area (Å²) in [5.74, 6) is 1.62. The Hall–Kier alpha value is -1.75. The van der Waals surface area contributed by atoms with Crippen LogP contribution in [0.2, 0.25) is 0 Å². The van der Waals surface area contributed by atoms with E-state index in [1.807, 2.05) is 0 Å². The Labute approximate surface area is 120 Å². The zero-order valence-electron chi connectivity index (χ0n) is 12.6. The monoisotopic (exact) mass is 281 g/mol. The first kappa shape index (κ1) is 16.3. The van der Waals surface area contributed by atoms with E-state index in [1.54, 1.807) is 32.4 Å². The first-order valence-electron chi connectivity index (χ1n) is 6.66. The van der Waals surface area contributed by atoms with Crippen LogP contribution in [0.3, 0.4) is 0 Å². The van der Waals surface area contributed by atoms with Crippen molar-refractivity contribution < 1.29 is 19.0 Å². The third kappa shape index (κ3) is 5.48. The molecule has 5 nitrogen and oxygen atoms in total. The zero-order valence-corrected chi connectivity index (χ0v) is 12.6. The molecule has 112 valence electrons. The Morgan fingerprint density at radius 3 is 2.60 bits per heavy atom. The van der Waals surface area contributed by atoms with Gasteiger partial charge in [-0.25, -0.2) is 0 Å². The fourth-order valence-corrected chi connectivity index (χ4v) is 1.61. The Kier molecular flexibility index (Phi) is 6.87. The maximum Gasteiger partial charge on any atom is 0.226 e. The summed E-state index contributed by atoms with van der Waals surface area (Å²) in [4.78, 5) is 11.8. The van der Waals surface area contributed by atoms with E-state index in [2.05, 4.69) is 19.2 Å². The standard InChI is InChI=1S/C15H23NO4/c1-11(2)10-20-8-7-15(17)16-13-9-12(18-3)5-6-14(13)19-4/h5-6,9,11H,7-8,10H2,1-4H3,(H,16,17). The number of hydrogen-bond acceptors (Lipinski definition) is 4. The van der Waals surface area contributed by atoms with Crippen LogP contribution in [0.15, 0.2) is 18.2 Å². The van der Waals surface area contributed by atoms with E-state index in [-0.39, 0.29) is 5.91 Å². The van der Waals surface area contributed by atoms with Crippen molar-refractivity contribution in [3.8, 4) is 11.5 Å². The number of carbonyl (C=O) groups is 1. The summed E-state index contributed by atoms with van der Waals surface area (Å²) >= 11 is 0. The number of methoxy groups -OCH3 is 2. The van der Waals surface area contributed by atoms with Crippen molar-refractivity contribution in [2.45, 2.75) is 20.3 Å². The minimum absolute atomic E-state index is 0.111. The topological polar surface area (TPSA) is 56.8 Å². The molecule has 1 amide bonds. The fourth-order valence-electron chi connectivity index (χ4n) is 1.61. The predicted molar refractivity (Wildman–Crippen MR) is 78.4 cm³/mol. The maximum absolute atomic E-state index is 11.8. The summed E-state index contributed by atoms with van der Waals surface area (Å²) in [5.41, 5.74) is 0.598. The van der Waals surface area contributed by atoms with Gasteiger partial charge >= 0.3 is 0 Å². The summed E-state index contributed by atoms with van der Waals surface area (Å²) in [5, 5.41) is 2.80. The number of anilines is 1. The average molecular weight is 281 g/mol. The molecule has 0 radical (unpaired) electrons. The minimum Gasteiger partial charge on any atom is -0.497 e. The van der Waals surface area contributed by atoms with Crippen LogP contribution in [0.5, 0.6) is 11.5 Å². The molecule has 0 aliphatic rings. The van der Waals surface area contributed by atoms with Crippen molar-refractivity contribution in [3.05, 3.63) is 18.2 Å². The van der Waals surface area contributed by atoms with E-state index in [0.717, 1.165) is 0 Å². The van der Waals surface area contributed by atoms with Gasteiger partial charge in [-0.3, -0.25) is 4.79 Å². The Morgan fingerprint density at radius 2 is 2.00 bits per heavy atom. The molecule has 1 aromatic carbocycles. The smallest absolute Gasteiger partial charge is 0.226 e. The van der Waals surface area contributed by atoms with Gasteiger partial charge in [-0.05, 0) is 18.1 Å². The van der Waals surface area contributed by atoms with Crippen molar-refractivity contribution in [2.75, 3.05) is 32.8 Å². The quantitative estimate of drug-likeness (QED) is 0.744. The van der Waals surface area contributed by atoms with Crippen molar-refractivity contribution in [2.24, 2.45) is 5.92 Å². The van der Waals surface area contributed by atoms with Crippen molar-refractivity contribution in [3.63, 3.8) is 0 Å². The van der Waals surface area contributed by atoms with Gasteiger partial charge in [0.1, 0.15) is 11.5 Å². The summed E-state index contributed by atoms with van der Waals surface area (Å²) in [6, 6.07) is 5.26. The SMILES string of the molecule is COc1ccc(OC)c(NC(=O)CCOCC(C)C)c1. The van der Waals surface area contributed by atoms with Crippen LogP contribution in [0.25, 0.3) is 0 Å². The third-order valence-electron chi connectivity index (χ3n) is 2.61. The van der Waals surface area contributed by atoms with Gasteiger partial charge in [-0.15, -0.1) is 0 Å². The molecule has 0 unspecified atom stereocenters. The molecule has 1 rings (SSSR count). The second kappa shape index (κ2) is 8.43. The average Bonchev–Trinajstić information content (AvgIpc) is 2.43. The normalized spacial score (nSPS) is 10.4. The predicted octanol–water partition coefficient (Wildman–Crippen LogP) is 2.71. The van der Waals surface area contributed by atoms with Gasteiger partial charge in [0.2, 0.25) is 5.91 Å². The van der Waals surface area contributed by atoms with E-state index < -0.39 is 0 Å². The molecule has 1 aromatic rings. The summed E-state index contributed by atoms with van der Waals surface area (Å²) in [7, 11) is 3.14. The molecule has 0 spiro atoms. The molecular weight excluding hydrogens is 258 g/mol. The van der Waals surface area contributed by atoms with Crippen LogP contribution >= 0.6 is 0 Å². The minimum atomic E-state index is -0.111. The van der Waals surface area contributed by atoms with Crippen LogP contribution in [-0.4, -0.2) is 33.3 Å². The molecule has 1 N–H and O–H groups in total. The number of hydrogen-bond donors (Lipinski definition) is 1. The van der Waals surface area contributed by atoms with Gasteiger partial charge < -0.3 is 19.5 Å². The molecular formula is C15H23NO4. The highest BCUT2D eigenvalue weighted by molar-refractivity contribution is 5.92. The molecule has 0 heterocycles. The zero-order chi connectivity index (χ0) is 15.0. The molecule has 0 aliphatic carbocycles. The first-order chi connectivity index (χ1) is 9.56. The number of amides is 1. The lowest BCUT2D eigenvalue weighted by Crippen LogP contribution is -2.15. The van der Waals surface area contributed by atoms with Crippen LogP contribution in [0, 0.1) is 5.92 Å². The van der Waals surface area contributed by atoms with E-state index in [0.29, 0.717) is 42.7 Å². The lowest BCUT2D eigenvalue weighted by atomic mass is 10.2. The fraction of sp³-hybridized carbons (Fsp3) is 0.533. The van der Waals surface area contributed by atoms with Gasteiger partial charge in [-0.2, -0.15) is 0 Å².